The van der Waals surface area contributed by atoms with Crippen molar-refractivity contribution in [1.82, 2.24) is 10.6 Å². The molecule has 2 amide bonds. The first-order chi connectivity index (χ1) is 23.9. The molecule has 0 saturated carbocycles. The molecule has 0 aliphatic heterocycles. The Morgan fingerprint density at radius 3 is 1.73 bits per heavy atom. The third-order valence-corrected chi connectivity index (χ3v) is 7.79. The smallest absolute Gasteiger partial charge is 0.328 e. The highest BCUT2D eigenvalue weighted by Gasteiger charge is 2.33. The number of carbonyl (C=O) groups is 3. The molecular weight excluding hydrogens is 620 g/mol. The summed E-state index contributed by atoms with van der Waals surface area (Å²) in [5.41, 5.74) is 3.47. The molecule has 3 N–H and O–H groups in total. The Labute approximate surface area is 285 Å². The lowest BCUT2D eigenvalue weighted by Gasteiger charge is -2.26. The van der Waals surface area contributed by atoms with Crippen LogP contribution in [0, 0.1) is 0 Å². The summed E-state index contributed by atoms with van der Waals surface area (Å²) in [6.45, 7) is 0.606. The van der Waals surface area contributed by atoms with Crippen LogP contribution in [0.15, 0.2) is 140 Å². The van der Waals surface area contributed by atoms with E-state index in [-0.39, 0.29) is 13.0 Å². The molecule has 3 atom stereocenters. The molecule has 0 aliphatic rings. The van der Waals surface area contributed by atoms with Crippen molar-refractivity contribution in [1.29, 1.82) is 0 Å². The van der Waals surface area contributed by atoms with Gasteiger partial charge in [0, 0.05) is 12.0 Å². The monoisotopic (exact) mass is 658 g/mol. The first-order valence-electron chi connectivity index (χ1n) is 15.8. The highest BCUT2D eigenvalue weighted by atomic mass is 16.5. The summed E-state index contributed by atoms with van der Waals surface area (Å²) in [5, 5.41) is 16.7. The van der Waals surface area contributed by atoms with Crippen LogP contribution >= 0.6 is 0 Å². The SMILES string of the molecule is COC(=O)[C@H](Cc1ccc(OCc2ccccc2)c(OCc2ccccc2)c1)NC(=O)[C@H](O)[C@@H](NC(=O)c1ccccc1)c1ccccc1. The number of amides is 2. The molecule has 0 saturated heterocycles. The van der Waals surface area contributed by atoms with Gasteiger partial charge in [-0.15, -0.1) is 0 Å². The van der Waals surface area contributed by atoms with E-state index in [1.54, 1.807) is 78.9 Å². The number of esters is 1. The number of hydrogen-bond acceptors (Lipinski definition) is 7. The van der Waals surface area contributed by atoms with E-state index >= 15 is 0 Å². The van der Waals surface area contributed by atoms with Crippen molar-refractivity contribution >= 4 is 17.8 Å². The van der Waals surface area contributed by atoms with E-state index in [1.165, 1.54) is 7.11 Å². The highest BCUT2D eigenvalue weighted by molar-refractivity contribution is 5.95. The van der Waals surface area contributed by atoms with Crippen molar-refractivity contribution in [3.63, 3.8) is 0 Å². The molecule has 0 spiro atoms. The van der Waals surface area contributed by atoms with Gasteiger partial charge in [-0.1, -0.05) is 115 Å². The van der Waals surface area contributed by atoms with Gasteiger partial charge >= 0.3 is 5.97 Å². The van der Waals surface area contributed by atoms with Crippen molar-refractivity contribution in [3.8, 4) is 11.5 Å². The van der Waals surface area contributed by atoms with E-state index in [4.69, 9.17) is 14.2 Å². The second kappa shape index (κ2) is 17.3. The van der Waals surface area contributed by atoms with Crippen molar-refractivity contribution in [2.75, 3.05) is 7.11 Å². The van der Waals surface area contributed by atoms with E-state index < -0.39 is 36.0 Å². The quantitative estimate of drug-likeness (QED) is 0.126. The number of methoxy groups -OCH3 is 1. The fourth-order valence-corrected chi connectivity index (χ4v) is 5.18. The summed E-state index contributed by atoms with van der Waals surface area (Å²) in [7, 11) is 1.22. The van der Waals surface area contributed by atoms with Crippen LogP contribution in [0.5, 0.6) is 11.5 Å². The number of ether oxygens (including phenoxy) is 3. The summed E-state index contributed by atoms with van der Waals surface area (Å²) in [6, 6.07) is 39.6. The van der Waals surface area contributed by atoms with E-state index in [9.17, 15) is 19.5 Å². The van der Waals surface area contributed by atoms with Gasteiger partial charge in [0.2, 0.25) is 0 Å². The van der Waals surface area contributed by atoms with Crippen LogP contribution in [-0.4, -0.2) is 42.1 Å². The number of nitrogens with one attached hydrogen (secondary N) is 2. The van der Waals surface area contributed by atoms with Gasteiger partial charge in [0.15, 0.2) is 17.6 Å². The van der Waals surface area contributed by atoms with Gasteiger partial charge in [-0.3, -0.25) is 9.59 Å². The second-order valence-electron chi connectivity index (χ2n) is 11.3. The molecule has 0 heterocycles. The van der Waals surface area contributed by atoms with Crippen LogP contribution in [0.2, 0.25) is 0 Å². The molecule has 5 aromatic carbocycles. The molecule has 0 aromatic heterocycles. The molecule has 0 aliphatic carbocycles. The van der Waals surface area contributed by atoms with E-state index in [0.29, 0.717) is 34.8 Å². The Bertz CT molecular complexity index is 1800. The molecule has 5 rings (SSSR count). The summed E-state index contributed by atoms with van der Waals surface area (Å²) < 4.78 is 17.3. The lowest BCUT2D eigenvalue weighted by atomic mass is 9.99. The van der Waals surface area contributed by atoms with Gasteiger partial charge in [0.05, 0.1) is 13.2 Å². The first kappa shape index (κ1) is 34.4. The second-order valence-corrected chi connectivity index (χ2v) is 11.3. The molecule has 250 valence electrons. The highest BCUT2D eigenvalue weighted by Crippen LogP contribution is 2.31. The third-order valence-electron chi connectivity index (χ3n) is 7.79. The summed E-state index contributed by atoms with van der Waals surface area (Å²) in [4.78, 5) is 39.5. The Hall–Kier alpha value is -5.93. The minimum absolute atomic E-state index is 0.0260. The van der Waals surface area contributed by atoms with E-state index in [0.717, 1.165) is 11.1 Å². The molecule has 0 radical (unpaired) electrons. The molecule has 0 fully saturated rings. The average molecular weight is 659 g/mol. The summed E-state index contributed by atoms with van der Waals surface area (Å²) >= 11 is 0. The molecular formula is C40H38N2O7. The van der Waals surface area contributed by atoms with Gasteiger partial charge in [-0.2, -0.15) is 0 Å². The van der Waals surface area contributed by atoms with Gasteiger partial charge in [0.25, 0.3) is 11.8 Å². The summed E-state index contributed by atoms with van der Waals surface area (Å²) in [6.07, 6.45) is -1.71. The topological polar surface area (TPSA) is 123 Å². The maximum atomic E-state index is 13.5. The predicted molar refractivity (Wildman–Crippen MR) is 185 cm³/mol. The van der Waals surface area contributed by atoms with E-state index in [1.807, 2.05) is 60.7 Å². The minimum Gasteiger partial charge on any atom is -0.485 e. The van der Waals surface area contributed by atoms with Crippen LogP contribution < -0.4 is 20.1 Å². The largest absolute Gasteiger partial charge is 0.485 e. The zero-order valence-electron chi connectivity index (χ0n) is 27.0. The Morgan fingerprint density at radius 2 is 1.16 bits per heavy atom. The number of benzene rings is 5. The number of aliphatic hydroxyl groups is 1. The minimum atomic E-state index is -1.74. The van der Waals surface area contributed by atoms with Crippen LogP contribution in [0.25, 0.3) is 0 Å². The van der Waals surface area contributed by atoms with Crippen LogP contribution in [-0.2, 0) is 34.0 Å². The zero-order chi connectivity index (χ0) is 34.4. The lowest BCUT2D eigenvalue weighted by Crippen LogP contribution is -2.51. The molecule has 49 heavy (non-hydrogen) atoms. The van der Waals surface area contributed by atoms with Crippen LogP contribution in [0.1, 0.15) is 38.7 Å². The van der Waals surface area contributed by atoms with Crippen LogP contribution in [0.4, 0.5) is 0 Å². The van der Waals surface area contributed by atoms with Crippen LogP contribution in [0.3, 0.4) is 0 Å². The number of hydrogen-bond donors (Lipinski definition) is 3. The Morgan fingerprint density at radius 1 is 0.633 bits per heavy atom. The third kappa shape index (κ3) is 9.79. The first-order valence-corrected chi connectivity index (χ1v) is 15.8. The van der Waals surface area contributed by atoms with Gasteiger partial charge < -0.3 is 30.0 Å². The van der Waals surface area contributed by atoms with E-state index in [2.05, 4.69) is 10.6 Å². The lowest BCUT2D eigenvalue weighted by molar-refractivity contribution is -0.146. The Balaban J connectivity index is 1.34. The fourth-order valence-electron chi connectivity index (χ4n) is 5.18. The number of aliphatic hydroxyl groups excluding tert-OH is 1. The predicted octanol–water partition coefficient (Wildman–Crippen LogP) is 5.58. The van der Waals surface area contributed by atoms with Crippen molar-refractivity contribution in [2.24, 2.45) is 0 Å². The molecule has 0 bridgehead atoms. The van der Waals surface area contributed by atoms with Gasteiger partial charge in [0.1, 0.15) is 19.3 Å². The maximum Gasteiger partial charge on any atom is 0.328 e. The van der Waals surface area contributed by atoms with Gasteiger partial charge in [-0.05, 0) is 46.5 Å². The molecule has 5 aromatic rings. The summed E-state index contributed by atoms with van der Waals surface area (Å²) in [5.74, 6) is -1.07. The maximum absolute atomic E-state index is 13.5. The number of rotatable bonds is 15. The fraction of sp³-hybridized carbons (Fsp3) is 0.175. The van der Waals surface area contributed by atoms with Gasteiger partial charge in [-0.25, -0.2) is 4.79 Å². The molecule has 0 unspecified atom stereocenters. The zero-order valence-corrected chi connectivity index (χ0v) is 27.0. The van der Waals surface area contributed by atoms with Crippen molar-refractivity contribution in [2.45, 2.75) is 37.8 Å². The molecule has 9 heteroatoms. The van der Waals surface area contributed by atoms with Crippen molar-refractivity contribution in [3.05, 3.63) is 167 Å². The van der Waals surface area contributed by atoms with Crippen molar-refractivity contribution < 1.29 is 33.7 Å². The Kier molecular flexibility index (Phi) is 12.1. The molecule has 9 nitrogen and oxygen atoms in total. The standard InChI is InChI=1S/C40H38N2O7/c1-47-40(46)33(41-39(45)37(43)36(31-18-10-4-11-19-31)42-38(44)32-20-12-5-13-21-32)24-30-22-23-34(48-26-28-14-6-2-7-15-28)35(25-30)49-27-29-16-8-3-9-17-29/h2-23,25,33,36-37,43H,24,26-27H2,1H3,(H,41,45)(H,42,44)/t33-,36-,37+/m0/s1. The normalized spacial score (nSPS) is 12.5. The average Bonchev–Trinajstić information content (AvgIpc) is 3.16. The number of carbonyl (C=O) groups excluding carboxylic acids is 3.